The summed E-state index contributed by atoms with van der Waals surface area (Å²) in [6, 6.07) is 23.2. The van der Waals surface area contributed by atoms with Gasteiger partial charge < -0.3 is 14.2 Å². The molecule has 1 amide bonds. The Labute approximate surface area is 217 Å². The number of benzene rings is 4. The van der Waals surface area contributed by atoms with E-state index in [2.05, 4.69) is 10.5 Å². The Morgan fingerprint density at radius 2 is 1.68 bits per heavy atom. The molecule has 10 heteroatoms. The van der Waals surface area contributed by atoms with Crippen LogP contribution in [-0.4, -0.2) is 36.2 Å². The predicted molar refractivity (Wildman–Crippen MR) is 141 cm³/mol. The highest BCUT2D eigenvalue weighted by Crippen LogP contribution is 2.29. The van der Waals surface area contributed by atoms with Gasteiger partial charge in [0.25, 0.3) is 11.6 Å². The number of fused-ring (bicyclic) bond motifs is 1. The molecular weight excluding hydrogens is 490 g/mol. The molecule has 0 bridgehead atoms. The van der Waals surface area contributed by atoms with Gasteiger partial charge in [0.15, 0.2) is 18.1 Å². The van der Waals surface area contributed by atoms with Gasteiger partial charge >= 0.3 is 5.97 Å². The number of carbonyl (C=O) groups is 2. The summed E-state index contributed by atoms with van der Waals surface area (Å²) in [7, 11) is 0. The van der Waals surface area contributed by atoms with E-state index in [0.29, 0.717) is 17.9 Å². The molecule has 0 aliphatic heterocycles. The van der Waals surface area contributed by atoms with Crippen LogP contribution in [0.1, 0.15) is 22.8 Å². The number of nitro benzene ring substituents is 1. The number of nitro groups is 1. The smallest absolute Gasteiger partial charge is 0.343 e. The molecule has 0 aromatic heterocycles. The Bertz CT molecular complexity index is 1500. The zero-order chi connectivity index (χ0) is 26.9. The van der Waals surface area contributed by atoms with Crippen molar-refractivity contribution in [2.75, 3.05) is 13.2 Å². The summed E-state index contributed by atoms with van der Waals surface area (Å²) in [5.41, 5.74) is 3.00. The molecular formula is C28H23N3O7. The molecule has 0 fully saturated rings. The number of rotatable bonds is 10. The molecule has 0 unspecified atom stereocenters. The number of carbonyl (C=O) groups excluding carboxylic acids is 2. The van der Waals surface area contributed by atoms with Gasteiger partial charge in [0.05, 0.1) is 23.3 Å². The summed E-state index contributed by atoms with van der Waals surface area (Å²) in [4.78, 5) is 34.9. The van der Waals surface area contributed by atoms with Crippen LogP contribution in [0.25, 0.3) is 10.8 Å². The van der Waals surface area contributed by atoms with Crippen LogP contribution in [0.3, 0.4) is 0 Å². The number of esters is 1. The lowest BCUT2D eigenvalue weighted by molar-refractivity contribution is -0.384. The molecule has 0 aliphatic rings. The van der Waals surface area contributed by atoms with Gasteiger partial charge in [-0.15, -0.1) is 0 Å². The van der Waals surface area contributed by atoms with E-state index in [9.17, 15) is 19.7 Å². The normalized spacial score (nSPS) is 10.8. The average molecular weight is 514 g/mol. The van der Waals surface area contributed by atoms with Crippen molar-refractivity contribution in [3.05, 3.63) is 106 Å². The average Bonchev–Trinajstić information content (AvgIpc) is 2.93. The monoisotopic (exact) mass is 513 g/mol. The fraction of sp³-hybridized carbons (Fsp3) is 0.107. The van der Waals surface area contributed by atoms with E-state index in [1.807, 2.05) is 36.4 Å². The minimum atomic E-state index is -0.694. The number of nitrogens with one attached hydrogen (secondary N) is 1. The molecule has 4 aromatic rings. The highest BCUT2D eigenvalue weighted by atomic mass is 16.6. The van der Waals surface area contributed by atoms with Crippen molar-refractivity contribution in [3.8, 4) is 17.2 Å². The lowest BCUT2D eigenvalue weighted by atomic mass is 10.1. The second-order valence-corrected chi connectivity index (χ2v) is 7.92. The third-order valence-electron chi connectivity index (χ3n) is 5.28. The summed E-state index contributed by atoms with van der Waals surface area (Å²) < 4.78 is 16.5. The number of hydrazone groups is 1. The molecule has 0 saturated carbocycles. The van der Waals surface area contributed by atoms with E-state index in [-0.39, 0.29) is 29.4 Å². The number of non-ortho nitro benzene ring substituents is 1. The first kappa shape index (κ1) is 25.8. The Morgan fingerprint density at radius 3 is 2.42 bits per heavy atom. The SMILES string of the molecule is CCOc1cc(C=NNC(=O)COc2ccc3ccccc3c2)ccc1OC(=O)c1ccc([N+](=O)[O-])cc1. The van der Waals surface area contributed by atoms with E-state index in [1.165, 1.54) is 36.5 Å². The Morgan fingerprint density at radius 1 is 0.921 bits per heavy atom. The van der Waals surface area contributed by atoms with Crippen LogP contribution >= 0.6 is 0 Å². The van der Waals surface area contributed by atoms with Gasteiger partial charge in [0.1, 0.15) is 5.75 Å². The van der Waals surface area contributed by atoms with Crippen LogP contribution in [0, 0.1) is 10.1 Å². The summed E-state index contributed by atoms with van der Waals surface area (Å²) in [5, 5.41) is 16.8. The van der Waals surface area contributed by atoms with Gasteiger partial charge in [0.2, 0.25) is 0 Å². The molecule has 4 rings (SSSR count). The third-order valence-corrected chi connectivity index (χ3v) is 5.28. The van der Waals surface area contributed by atoms with E-state index in [1.54, 1.807) is 25.1 Å². The molecule has 0 radical (unpaired) electrons. The molecule has 192 valence electrons. The van der Waals surface area contributed by atoms with Gasteiger partial charge in [-0.05, 0) is 65.7 Å². The molecule has 0 atom stereocenters. The number of hydrogen-bond donors (Lipinski definition) is 1. The van der Waals surface area contributed by atoms with Crippen molar-refractivity contribution in [1.29, 1.82) is 0 Å². The van der Waals surface area contributed by atoms with E-state index in [0.717, 1.165) is 10.8 Å². The largest absolute Gasteiger partial charge is 0.490 e. The van der Waals surface area contributed by atoms with E-state index in [4.69, 9.17) is 14.2 Å². The van der Waals surface area contributed by atoms with E-state index >= 15 is 0 Å². The second-order valence-electron chi connectivity index (χ2n) is 7.92. The van der Waals surface area contributed by atoms with E-state index < -0.39 is 16.8 Å². The molecule has 4 aromatic carbocycles. The van der Waals surface area contributed by atoms with Crippen LogP contribution in [0.2, 0.25) is 0 Å². The zero-order valence-corrected chi connectivity index (χ0v) is 20.3. The summed E-state index contributed by atoms with van der Waals surface area (Å²) in [6.45, 7) is 1.88. The first-order chi connectivity index (χ1) is 18.4. The number of amides is 1. The topological polar surface area (TPSA) is 129 Å². The number of nitrogens with zero attached hydrogens (tertiary/aromatic N) is 2. The van der Waals surface area contributed by atoms with Gasteiger partial charge in [-0.25, -0.2) is 10.2 Å². The van der Waals surface area contributed by atoms with Crippen LogP contribution in [0.15, 0.2) is 90.0 Å². The minimum absolute atomic E-state index is 0.132. The van der Waals surface area contributed by atoms with Crippen molar-refractivity contribution >= 4 is 34.6 Å². The van der Waals surface area contributed by atoms with Gasteiger partial charge in [-0.1, -0.05) is 30.3 Å². The zero-order valence-electron chi connectivity index (χ0n) is 20.3. The maximum absolute atomic E-state index is 12.5. The van der Waals surface area contributed by atoms with Crippen LogP contribution < -0.4 is 19.6 Å². The fourth-order valence-electron chi connectivity index (χ4n) is 3.45. The quantitative estimate of drug-likeness (QED) is 0.105. The first-order valence-corrected chi connectivity index (χ1v) is 11.6. The lowest BCUT2D eigenvalue weighted by Gasteiger charge is -2.11. The van der Waals surface area contributed by atoms with Crippen molar-refractivity contribution in [1.82, 2.24) is 5.43 Å². The first-order valence-electron chi connectivity index (χ1n) is 11.6. The summed E-state index contributed by atoms with van der Waals surface area (Å²) >= 11 is 0. The summed E-state index contributed by atoms with van der Waals surface area (Å²) in [6.07, 6.45) is 1.42. The lowest BCUT2D eigenvalue weighted by Crippen LogP contribution is -2.24. The van der Waals surface area contributed by atoms with Gasteiger partial charge in [-0.2, -0.15) is 5.10 Å². The Kier molecular flexibility index (Phi) is 8.25. The maximum atomic E-state index is 12.5. The summed E-state index contributed by atoms with van der Waals surface area (Å²) in [5.74, 6) is -0.102. The van der Waals surface area contributed by atoms with Crippen molar-refractivity contribution in [2.45, 2.75) is 6.92 Å². The van der Waals surface area contributed by atoms with Crippen LogP contribution in [0.5, 0.6) is 17.2 Å². The van der Waals surface area contributed by atoms with Crippen LogP contribution in [0.4, 0.5) is 5.69 Å². The van der Waals surface area contributed by atoms with Gasteiger partial charge in [-0.3, -0.25) is 14.9 Å². The molecule has 1 N–H and O–H groups in total. The standard InChI is InChI=1S/C28H23N3O7/c1-2-36-26-15-19(7-14-25(26)38-28(33)21-8-11-23(12-9-21)31(34)35)17-29-30-27(32)18-37-24-13-10-20-5-3-4-6-22(20)16-24/h3-17H,2,18H2,1H3,(H,30,32). The molecule has 10 nitrogen and oxygen atoms in total. The minimum Gasteiger partial charge on any atom is -0.490 e. The molecule has 38 heavy (non-hydrogen) atoms. The highest BCUT2D eigenvalue weighted by molar-refractivity contribution is 5.92. The molecule has 0 spiro atoms. The molecule has 0 saturated heterocycles. The second kappa shape index (κ2) is 12.1. The molecule has 0 heterocycles. The fourth-order valence-corrected chi connectivity index (χ4v) is 3.45. The van der Waals surface area contributed by atoms with Crippen molar-refractivity contribution < 1.29 is 28.7 Å². The maximum Gasteiger partial charge on any atom is 0.343 e. The molecule has 0 aliphatic carbocycles. The number of hydrogen-bond acceptors (Lipinski definition) is 8. The highest BCUT2D eigenvalue weighted by Gasteiger charge is 2.15. The number of ether oxygens (including phenoxy) is 3. The predicted octanol–water partition coefficient (Wildman–Crippen LogP) is 4.90. The van der Waals surface area contributed by atoms with Gasteiger partial charge in [0, 0.05) is 12.1 Å². The van der Waals surface area contributed by atoms with Crippen LogP contribution in [-0.2, 0) is 4.79 Å². The third kappa shape index (κ3) is 6.70. The Hall–Kier alpha value is -5.25. The van der Waals surface area contributed by atoms with Crippen molar-refractivity contribution in [3.63, 3.8) is 0 Å². The Balaban J connectivity index is 1.34. The van der Waals surface area contributed by atoms with Crippen molar-refractivity contribution in [2.24, 2.45) is 5.10 Å².